The Labute approximate surface area is 136 Å². The molecule has 0 amide bonds. The molecule has 0 aliphatic carbocycles. The minimum atomic E-state index is -3.53. The minimum Gasteiger partial charge on any atom is -0.368 e. The second-order valence-corrected chi connectivity index (χ2v) is 7.95. The van der Waals surface area contributed by atoms with Crippen molar-refractivity contribution in [1.82, 2.24) is 14.3 Å². The second-order valence-electron chi connectivity index (χ2n) is 6.01. The van der Waals surface area contributed by atoms with Crippen molar-refractivity contribution in [2.45, 2.75) is 37.6 Å². The zero-order valence-corrected chi connectivity index (χ0v) is 14.0. The summed E-state index contributed by atoms with van der Waals surface area (Å²) in [4.78, 5) is 8.44. The first-order valence-electron chi connectivity index (χ1n) is 7.58. The molecular weight excluding hydrogens is 312 g/mol. The lowest BCUT2D eigenvalue weighted by molar-refractivity contribution is 0.385. The van der Waals surface area contributed by atoms with Gasteiger partial charge in [-0.2, -0.15) is 4.31 Å². The van der Waals surface area contributed by atoms with E-state index >= 15 is 0 Å². The number of hydrogen-bond donors (Lipinski definition) is 1. The van der Waals surface area contributed by atoms with E-state index in [0.717, 1.165) is 11.1 Å². The van der Waals surface area contributed by atoms with Crippen LogP contribution in [0.5, 0.6) is 0 Å². The van der Waals surface area contributed by atoms with Crippen LogP contribution in [0.4, 0.5) is 5.95 Å². The zero-order chi connectivity index (χ0) is 16.6. The predicted molar refractivity (Wildman–Crippen MR) is 88.3 cm³/mol. The Morgan fingerprint density at radius 1 is 1.22 bits per heavy atom. The van der Waals surface area contributed by atoms with Crippen LogP contribution in [0.15, 0.2) is 35.4 Å². The molecule has 0 radical (unpaired) electrons. The summed E-state index contributed by atoms with van der Waals surface area (Å²) in [6.45, 7) is 4.81. The highest BCUT2D eigenvalue weighted by molar-refractivity contribution is 7.89. The normalized spacial score (nSPS) is 15.6. The number of aromatic nitrogens is 2. The van der Waals surface area contributed by atoms with Crippen molar-refractivity contribution in [3.8, 4) is 0 Å². The van der Waals surface area contributed by atoms with E-state index in [0.29, 0.717) is 29.5 Å². The van der Waals surface area contributed by atoms with Gasteiger partial charge in [0.1, 0.15) is 0 Å². The number of rotatable bonds is 3. The summed E-state index contributed by atoms with van der Waals surface area (Å²) in [6, 6.07) is 7.09. The van der Waals surface area contributed by atoms with Crippen molar-refractivity contribution in [3.63, 3.8) is 0 Å². The first-order valence-corrected chi connectivity index (χ1v) is 9.02. The van der Waals surface area contributed by atoms with E-state index < -0.39 is 10.0 Å². The molecule has 0 spiro atoms. The number of sulfonamides is 1. The number of nitrogens with two attached hydrogens (primary N) is 1. The van der Waals surface area contributed by atoms with Crippen LogP contribution in [0.3, 0.4) is 0 Å². The Morgan fingerprint density at radius 2 is 1.91 bits per heavy atom. The van der Waals surface area contributed by atoms with Gasteiger partial charge in [-0.05, 0) is 35.6 Å². The Bertz CT molecular complexity index is 816. The van der Waals surface area contributed by atoms with Crippen LogP contribution in [0.2, 0.25) is 0 Å². The molecule has 0 atom stereocenters. The summed E-state index contributed by atoms with van der Waals surface area (Å²) in [7, 11) is -3.53. The third-order valence-corrected chi connectivity index (χ3v) is 5.97. The molecule has 0 saturated heterocycles. The quantitative estimate of drug-likeness (QED) is 0.927. The smallest absolute Gasteiger partial charge is 0.243 e. The SMILES string of the molecule is CC(C)c1ccc(S(=O)(=O)N2CCc3cnc(N)nc3C2)cc1. The van der Waals surface area contributed by atoms with Gasteiger partial charge in [0.15, 0.2) is 0 Å². The molecule has 2 heterocycles. The number of nitrogens with zero attached hydrogens (tertiary/aromatic N) is 3. The summed E-state index contributed by atoms with van der Waals surface area (Å²) >= 11 is 0. The lowest BCUT2D eigenvalue weighted by Crippen LogP contribution is -2.36. The highest BCUT2D eigenvalue weighted by Crippen LogP contribution is 2.25. The first kappa shape index (κ1) is 15.9. The van der Waals surface area contributed by atoms with Gasteiger partial charge in [0, 0.05) is 12.7 Å². The van der Waals surface area contributed by atoms with E-state index in [9.17, 15) is 8.42 Å². The molecule has 0 unspecified atom stereocenters. The third kappa shape index (κ3) is 3.07. The molecule has 7 heteroatoms. The first-order chi connectivity index (χ1) is 10.9. The monoisotopic (exact) mass is 332 g/mol. The van der Waals surface area contributed by atoms with Gasteiger partial charge in [-0.1, -0.05) is 26.0 Å². The summed E-state index contributed by atoms with van der Waals surface area (Å²) in [5.41, 5.74) is 8.37. The van der Waals surface area contributed by atoms with Crippen LogP contribution >= 0.6 is 0 Å². The molecule has 2 N–H and O–H groups in total. The lowest BCUT2D eigenvalue weighted by atomic mass is 10.0. The van der Waals surface area contributed by atoms with E-state index in [1.807, 2.05) is 12.1 Å². The van der Waals surface area contributed by atoms with Crippen molar-refractivity contribution in [2.75, 3.05) is 12.3 Å². The van der Waals surface area contributed by atoms with Crippen LogP contribution in [0.25, 0.3) is 0 Å². The van der Waals surface area contributed by atoms with Gasteiger partial charge >= 0.3 is 0 Å². The summed E-state index contributed by atoms with van der Waals surface area (Å²) < 4.78 is 27.1. The van der Waals surface area contributed by atoms with Crippen LogP contribution in [0.1, 0.15) is 36.6 Å². The van der Waals surface area contributed by atoms with E-state index in [2.05, 4.69) is 23.8 Å². The molecule has 0 saturated carbocycles. The predicted octanol–water partition coefficient (Wildman–Crippen LogP) is 1.93. The number of nitrogen functional groups attached to an aromatic ring is 1. The molecule has 1 aliphatic rings. The minimum absolute atomic E-state index is 0.171. The topological polar surface area (TPSA) is 89.2 Å². The summed E-state index contributed by atoms with van der Waals surface area (Å²) in [5, 5.41) is 0. The van der Waals surface area contributed by atoms with E-state index in [4.69, 9.17) is 5.73 Å². The van der Waals surface area contributed by atoms with Crippen LogP contribution in [-0.4, -0.2) is 29.2 Å². The molecule has 1 aliphatic heterocycles. The van der Waals surface area contributed by atoms with Gasteiger partial charge in [-0.25, -0.2) is 18.4 Å². The Kier molecular flexibility index (Phi) is 4.08. The molecular formula is C16H20N4O2S. The van der Waals surface area contributed by atoms with Crippen molar-refractivity contribution in [3.05, 3.63) is 47.3 Å². The van der Waals surface area contributed by atoms with Crippen molar-refractivity contribution < 1.29 is 8.42 Å². The van der Waals surface area contributed by atoms with E-state index in [1.165, 1.54) is 4.31 Å². The second kappa shape index (κ2) is 5.90. The Morgan fingerprint density at radius 3 is 2.57 bits per heavy atom. The molecule has 1 aromatic heterocycles. The standard InChI is InChI=1S/C16H20N4O2S/c1-11(2)12-3-5-14(6-4-12)23(21,22)20-8-7-13-9-18-16(17)19-15(13)10-20/h3-6,9,11H,7-8,10H2,1-2H3,(H2,17,18,19). The Hall–Kier alpha value is -1.99. The average molecular weight is 332 g/mol. The number of hydrogen-bond acceptors (Lipinski definition) is 5. The van der Waals surface area contributed by atoms with E-state index in [1.54, 1.807) is 18.3 Å². The number of anilines is 1. The van der Waals surface area contributed by atoms with Gasteiger partial charge in [-0.15, -0.1) is 0 Å². The molecule has 122 valence electrons. The number of fused-ring (bicyclic) bond motifs is 1. The molecule has 3 rings (SSSR count). The number of benzene rings is 1. The van der Waals surface area contributed by atoms with Crippen molar-refractivity contribution in [2.24, 2.45) is 0 Å². The molecule has 0 bridgehead atoms. The van der Waals surface area contributed by atoms with Crippen LogP contribution in [0, 0.1) is 0 Å². The van der Waals surface area contributed by atoms with Gasteiger partial charge in [0.25, 0.3) is 0 Å². The largest absolute Gasteiger partial charge is 0.368 e. The maximum Gasteiger partial charge on any atom is 0.243 e. The van der Waals surface area contributed by atoms with Crippen LogP contribution < -0.4 is 5.73 Å². The highest BCUT2D eigenvalue weighted by Gasteiger charge is 2.29. The zero-order valence-electron chi connectivity index (χ0n) is 13.2. The van der Waals surface area contributed by atoms with Gasteiger partial charge in [0.2, 0.25) is 16.0 Å². The summed E-state index contributed by atoms with van der Waals surface area (Å²) in [6.07, 6.45) is 2.28. The third-order valence-electron chi connectivity index (χ3n) is 4.11. The maximum atomic E-state index is 12.8. The van der Waals surface area contributed by atoms with Crippen LogP contribution in [-0.2, 0) is 23.0 Å². The van der Waals surface area contributed by atoms with Crippen molar-refractivity contribution in [1.29, 1.82) is 0 Å². The molecule has 6 nitrogen and oxygen atoms in total. The Balaban J connectivity index is 1.88. The fraction of sp³-hybridized carbons (Fsp3) is 0.375. The van der Waals surface area contributed by atoms with Gasteiger partial charge in [-0.3, -0.25) is 0 Å². The lowest BCUT2D eigenvalue weighted by Gasteiger charge is -2.27. The molecule has 23 heavy (non-hydrogen) atoms. The fourth-order valence-corrected chi connectivity index (χ4v) is 4.08. The fourth-order valence-electron chi connectivity index (χ4n) is 2.67. The molecule has 0 fully saturated rings. The maximum absolute atomic E-state index is 12.8. The van der Waals surface area contributed by atoms with Gasteiger partial charge < -0.3 is 5.73 Å². The van der Waals surface area contributed by atoms with Crippen molar-refractivity contribution >= 4 is 16.0 Å². The average Bonchev–Trinajstić information content (AvgIpc) is 2.54. The van der Waals surface area contributed by atoms with Gasteiger partial charge in [0.05, 0.1) is 17.1 Å². The summed E-state index contributed by atoms with van der Waals surface area (Å²) in [5.74, 6) is 0.539. The molecule has 1 aromatic carbocycles. The molecule has 2 aromatic rings. The van der Waals surface area contributed by atoms with E-state index in [-0.39, 0.29) is 12.5 Å². The highest BCUT2D eigenvalue weighted by atomic mass is 32.2.